The Morgan fingerprint density at radius 1 is 1.08 bits per heavy atom. The zero-order valence-corrected chi connectivity index (χ0v) is 14.3. The van der Waals surface area contributed by atoms with Gasteiger partial charge in [-0.15, -0.1) is 18.7 Å². The predicted octanol–water partition coefficient (Wildman–Crippen LogP) is 4.34. The summed E-state index contributed by atoms with van der Waals surface area (Å²) >= 11 is 0. The number of non-ortho nitro benzene ring substituents is 1. The molecule has 0 saturated heterocycles. The number of nitrogens with zero attached hydrogens (tertiary/aromatic N) is 1. The molecule has 6 heteroatoms. The van der Waals surface area contributed by atoms with E-state index in [1.807, 2.05) is 30.3 Å². The average molecular weight is 377 g/mol. The second-order valence-corrected chi connectivity index (χ2v) is 4.75. The Labute approximate surface area is 155 Å². The van der Waals surface area contributed by atoms with Crippen molar-refractivity contribution in [3.05, 3.63) is 101 Å². The summed E-state index contributed by atoms with van der Waals surface area (Å²) in [4.78, 5) is 21.7. The Kier molecular flexibility index (Phi) is 8.06. The topological polar surface area (TPSA) is 69.4 Å². The van der Waals surface area contributed by atoms with Crippen LogP contribution < -0.4 is 4.74 Å². The van der Waals surface area contributed by atoms with Crippen LogP contribution in [0.4, 0.5) is 5.69 Å². The molecule has 0 unspecified atom stereocenters. The van der Waals surface area contributed by atoms with E-state index in [9.17, 15) is 14.9 Å². The van der Waals surface area contributed by atoms with E-state index in [0.717, 1.165) is 0 Å². The summed E-state index contributed by atoms with van der Waals surface area (Å²) in [5.74, 6) is -0.344. The summed E-state index contributed by atoms with van der Waals surface area (Å²) < 4.78 is 5.07. The van der Waals surface area contributed by atoms with Crippen molar-refractivity contribution in [2.45, 2.75) is 0 Å². The van der Waals surface area contributed by atoms with Crippen LogP contribution in [0.15, 0.2) is 85.4 Å². The second kappa shape index (κ2) is 10.0. The summed E-state index contributed by atoms with van der Waals surface area (Å²) in [6.07, 6.45) is 0. The van der Waals surface area contributed by atoms with Crippen molar-refractivity contribution in [2.75, 3.05) is 0 Å². The van der Waals surface area contributed by atoms with Gasteiger partial charge in [-0.2, -0.15) is 30.3 Å². The number of carbonyl (C=O) groups excluding carboxylic acids is 1. The van der Waals surface area contributed by atoms with E-state index in [0.29, 0.717) is 5.56 Å². The van der Waals surface area contributed by atoms with E-state index in [-0.39, 0.29) is 34.1 Å². The van der Waals surface area contributed by atoms with Crippen molar-refractivity contribution in [3.63, 3.8) is 0 Å². The van der Waals surface area contributed by atoms with Crippen LogP contribution in [0.25, 0.3) is 5.57 Å². The standard InChI is InChI=1S/C14H10NO4.C5H5.Fe/c1-10(11-4-2-3-5-11)14(16)19-13-8-6-12(7-9-13)15(17)18;1-2-4-5-3-1;/h2-9H,1H2;1-5H;/q2*-1;+2. The van der Waals surface area contributed by atoms with Crippen LogP contribution in [0.5, 0.6) is 5.75 Å². The predicted molar refractivity (Wildman–Crippen MR) is 91.8 cm³/mol. The molecular formula is C19H15FeNO4. The average Bonchev–Trinajstić information content (AvgIpc) is 3.30. The normalized spacial score (nSPS) is 9.12. The van der Waals surface area contributed by atoms with Gasteiger partial charge in [0, 0.05) is 12.1 Å². The van der Waals surface area contributed by atoms with E-state index in [2.05, 4.69) is 6.58 Å². The van der Waals surface area contributed by atoms with Crippen LogP contribution >= 0.6 is 0 Å². The van der Waals surface area contributed by atoms with E-state index < -0.39 is 10.9 Å². The largest absolute Gasteiger partial charge is 2.00 e. The minimum absolute atomic E-state index is 0. The molecule has 0 aliphatic carbocycles. The quantitative estimate of drug-likeness (QED) is 0.129. The van der Waals surface area contributed by atoms with Gasteiger partial charge in [-0.3, -0.25) is 14.9 Å². The maximum atomic E-state index is 11.8. The molecule has 25 heavy (non-hydrogen) atoms. The molecule has 0 aliphatic rings. The van der Waals surface area contributed by atoms with Gasteiger partial charge in [0.2, 0.25) is 0 Å². The van der Waals surface area contributed by atoms with Crippen molar-refractivity contribution in [1.82, 2.24) is 0 Å². The van der Waals surface area contributed by atoms with Gasteiger partial charge in [-0.05, 0) is 17.7 Å². The van der Waals surface area contributed by atoms with Crippen LogP contribution in [-0.4, -0.2) is 10.9 Å². The number of hydrogen-bond donors (Lipinski definition) is 0. The van der Waals surface area contributed by atoms with Gasteiger partial charge >= 0.3 is 17.1 Å². The maximum Gasteiger partial charge on any atom is 2.00 e. The fourth-order valence-electron chi connectivity index (χ4n) is 1.82. The monoisotopic (exact) mass is 377 g/mol. The van der Waals surface area contributed by atoms with Crippen molar-refractivity contribution in [3.8, 4) is 5.75 Å². The number of hydrogen-bond acceptors (Lipinski definition) is 4. The fraction of sp³-hybridized carbons (Fsp3) is 0. The summed E-state index contributed by atoms with van der Waals surface area (Å²) in [6, 6.07) is 22.4. The number of nitro groups is 1. The SMILES string of the molecule is C=C(C(=O)Oc1ccc([N+](=O)[O-])cc1)[c-]1cccc1.[Fe+2].c1cc[cH-]c1. The van der Waals surface area contributed by atoms with E-state index in [4.69, 9.17) is 4.74 Å². The number of esters is 1. The van der Waals surface area contributed by atoms with Crippen molar-refractivity contribution < 1.29 is 31.5 Å². The molecule has 0 spiro atoms. The van der Waals surface area contributed by atoms with Gasteiger partial charge in [0.15, 0.2) is 0 Å². The van der Waals surface area contributed by atoms with Gasteiger partial charge in [0.25, 0.3) is 11.7 Å². The molecule has 0 aromatic heterocycles. The minimum Gasteiger partial charge on any atom is -0.458 e. The van der Waals surface area contributed by atoms with Gasteiger partial charge in [0.05, 0.1) is 4.92 Å². The molecule has 0 radical (unpaired) electrons. The van der Waals surface area contributed by atoms with Crippen LogP contribution in [0.1, 0.15) is 5.56 Å². The Hall–Kier alpha value is -2.95. The molecule has 0 atom stereocenters. The number of ether oxygens (including phenoxy) is 1. The summed E-state index contributed by atoms with van der Waals surface area (Å²) in [7, 11) is 0. The molecule has 3 aromatic rings. The zero-order chi connectivity index (χ0) is 17.4. The first-order valence-corrected chi connectivity index (χ1v) is 7.12. The van der Waals surface area contributed by atoms with Crippen LogP contribution in [-0.2, 0) is 21.9 Å². The summed E-state index contributed by atoms with van der Waals surface area (Å²) in [6.45, 7) is 3.66. The van der Waals surface area contributed by atoms with Crippen LogP contribution in [0.2, 0.25) is 0 Å². The molecular weight excluding hydrogens is 362 g/mol. The first-order chi connectivity index (χ1) is 11.6. The molecule has 5 nitrogen and oxygen atoms in total. The third-order valence-corrected chi connectivity index (χ3v) is 3.07. The first kappa shape index (κ1) is 20.1. The Morgan fingerprint density at radius 2 is 1.64 bits per heavy atom. The Balaban J connectivity index is 0.000000448. The number of rotatable bonds is 4. The molecule has 0 amide bonds. The number of nitro benzene ring substituents is 1. The van der Waals surface area contributed by atoms with Crippen molar-refractivity contribution in [1.29, 1.82) is 0 Å². The van der Waals surface area contributed by atoms with E-state index in [1.165, 1.54) is 24.3 Å². The Bertz CT molecular complexity index is 773. The summed E-state index contributed by atoms with van der Waals surface area (Å²) in [5, 5.41) is 10.5. The van der Waals surface area contributed by atoms with E-state index in [1.54, 1.807) is 24.3 Å². The molecule has 0 fully saturated rings. The van der Waals surface area contributed by atoms with Crippen molar-refractivity contribution >= 4 is 17.2 Å². The number of carbonyl (C=O) groups is 1. The van der Waals surface area contributed by atoms with Crippen molar-refractivity contribution in [2.24, 2.45) is 0 Å². The van der Waals surface area contributed by atoms with Crippen LogP contribution in [0.3, 0.4) is 0 Å². The minimum atomic E-state index is -0.583. The van der Waals surface area contributed by atoms with Gasteiger partial charge in [-0.1, -0.05) is 5.56 Å². The third kappa shape index (κ3) is 6.22. The number of benzene rings is 1. The van der Waals surface area contributed by atoms with Gasteiger partial charge < -0.3 is 4.74 Å². The van der Waals surface area contributed by atoms with Gasteiger partial charge in [-0.25, -0.2) is 12.1 Å². The smallest absolute Gasteiger partial charge is 0.458 e. The maximum absolute atomic E-state index is 11.8. The summed E-state index contributed by atoms with van der Waals surface area (Å²) in [5.41, 5.74) is 0.866. The molecule has 128 valence electrons. The molecule has 0 bridgehead atoms. The first-order valence-electron chi connectivity index (χ1n) is 7.12. The second-order valence-electron chi connectivity index (χ2n) is 4.75. The van der Waals surface area contributed by atoms with Gasteiger partial charge in [0.1, 0.15) is 5.75 Å². The molecule has 0 aliphatic heterocycles. The molecule has 0 saturated carbocycles. The van der Waals surface area contributed by atoms with Crippen LogP contribution in [0, 0.1) is 10.1 Å². The third-order valence-electron chi connectivity index (χ3n) is 3.07. The fourth-order valence-corrected chi connectivity index (χ4v) is 1.82. The molecule has 0 N–H and O–H groups in total. The Morgan fingerprint density at radius 3 is 2.08 bits per heavy atom. The zero-order valence-electron chi connectivity index (χ0n) is 13.1. The molecule has 0 heterocycles. The van der Waals surface area contributed by atoms with E-state index >= 15 is 0 Å². The molecule has 3 rings (SSSR count). The molecule has 3 aromatic carbocycles.